The molecule has 62 heavy (non-hydrogen) atoms. The molecular weight excluding hydrogens is 878 g/mol. The average molecular weight is 915 g/mol. The zero-order valence-corrected chi connectivity index (χ0v) is 36.5. The summed E-state index contributed by atoms with van der Waals surface area (Å²) >= 11 is 12.9. The van der Waals surface area contributed by atoms with E-state index in [4.69, 9.17) is 47.4 Å². The fourth-order valence-electron chi connectivity index (χ4n) is 6.76. The number of hydrogen-bond acceptors (Lipinski definition) is 12. The predicted octanol–water partition coefficient (Wildman–Crippen LogP) is 6.90. The minimum atomic E-state index is -4.46. The molecule has 5 aromatic rings. The summed E-state index contributed by atoms with van der Waals surface area (Å²) in [5.74, 6) is 5.23. The summed E-state index contributed by atoms with van der Waals surface area (Å²) in [6, 6.07) is 22.1. The molecule has 0 aliphatic carbocycles. The highest BCUT2D eigenvalue weighted by Gasteiger charge is 2.43. The maximum absolute atomic E-state index is 14.6. The molecule has 7 rings (SSSR count). The number of carbonyl (C=O) groups is 3. The van der Waals surface area contributed by atoms with E-state index in [0.717, 1.165) is 26.8 Å². The number of hydrogen-bond donors (Lipinski definition) is 2. The van der Waals surface area contributed by atoms with E-state index < -0.39 is 46.0 Å². The van der Waals surface area contributed by atoms with Gasteiger partial charge in [0.05, 0.1) is 34.5 Å². The molecule has 1 unspecified atom stereocenters. The number of rotatable bonds is 11. The number of methoxy groups -OCH3 is 1. The molecule has 18 heteroatoms. The molecule has 0 bridgehead atoms. The number of halogens is 2. The number of esters is 1. The number of nitrogens with one attached hydrogen (secondary N) is 2. The first-order chi connectivity index (χ1) is 29.7. The second-order valence-electron chi connectivity index (χ2n) is 14.2. The molecule has 2 aliphatic heterocycles. The minimum absolute atomic E-state index is 0.0790. The number of amides is 2. The van der Waals surface area contributed by atoms with E-state index in [9.17, 15) is 22.8 Å². The first-order valence-electron chi connectivity index (χ1n) is 19.0. The first-order valence-corrected chi connectivity index (χ1v) is 22.0. The molecule has 2 amide bonds. The van der Waals surface area contributed by atoms with Gasteiger partial charge in [0.2, 0.25) is 11.8 Å². The molecule has 2 N–H and O–H groups in total. The Morgan fingerprint density at radius 2 is 1.73 bits per heavy atom. The van der Waals surface area contributed by atoms with Crippen LogP contribution in [0.15, 0.2) is 83.1 Å². The highest BCUT2D eigenvalue weighted by atomic mass is 35.5. The second kappa shape index (κ2) is 18.9. The molecule has 1 aromatic heterocycles. The van der Waals surface area contributed by atoms with Crippen molar-refractivity contribution < 1.29 is 41.7 Å². The van der Waals surface area contributed by atoms with Gasteiger partial charge >= 0.3 is 5.97 Å². The minimum Gasteiger partial charge on any atom is -0.489 e. The van der Waals surface area contributed by atoms with E-state index in [1.807, 2.05) is 36.4 Å². The number of benzene rings is 4. The van der Waals surface area contributed by atoms with Gasteiger partial charge in [-0.1, -0.05) is 64.6 Å². The van der Waals surface area contributed by atoms with Crippen LogP contribution in [0.5, 0.6) is 17.2 Å². The lowest BCUT2D eigenvalue weighted by molar-refractivity contribution is -0.145. The Balaban J connectivity index is 1.13. The van der Waals surface area contributed by atoms with Crippen molar-refractivity contribution in [2.24, 2.45) is 0 Å². The molecule has 2 aliphatic rings. The van der Waals surface area contributed by atoms with Crippen molar-refractivity contribution in [3.63, 3.8) is 0 Å². The summed E-state index contributed by atoms with van der Waals surface area (Å²) < 4.78 is 53.6. The number of nitriles is 1. The Bertz CT molecular complexity index is 2760. The van der Waals surface area contributed by atoms with Gasteiger partial charge in [0.1, 0.15) is 31.0 Å². The number of ether oxygens (including phenoxy) is 4. The number of anilines is 1. The highest BCUT2D eigenvalue weighted by molar-refractivity contribution is 7.91. The van der Waals surface area contributed by atoms with E-state index in [2.05, 4.69) is 27.5 Å². The Hall–Kier alpha value is -6.14. The zero-order valence-electron chi connectivity index (χ0n) is 33.4. The lowest BCUT2D eigenvalue weighted by Gasteiger charge is -2.36. The number of sulfonamides is 1. The van der Waals surface area contributed by atoms with Gasteiger partial charge in [-0.05, 0) is 96.3 Å². The summed E-state index contributed by atoms with van der Waals surface area (Å²) in [7, 11) is -3.29. The quantitative estimate of drug-likeness (QED) is 0.104. The van der Waals surface area contributed by atoms with Gasteiger partial charge in [-0.3, -0.25) is 9.59 Å². The van der Waals surface area contributed by atoms with Crippen LogP contribution >= 0.6 is 34.5 Å². The Morgan fingerprint density at radius 3 is 2.42 bits per heavy atom. The normalized spacial score (nSPS) is 16.1. The van der Waals surface area contributed by atoms with E-state index >= 15 is 0 Å². The maximum atomic E-state index is 14.6. The average Bonchev–Trinajstić information content (AvgIpc) is 3.64. The predicted molar refractivity (Wildman–Crippen MR) is 231 cm³/mol. The Morgan fingerprint density at radius 1 is 1.00 bits per heavy atom. The molecule has 4 aromatic carbocycles. The van der Waals surface area contributed by atoms with E-state index in [0.29, 0.717) is 49.5 Å². The monoisotopic (exact) mass is 913 g/mol. The van der Waals surface area contributed by atoms with Crippen LogP contribution in [0.3, 0.4) is 0 Å². The number of aryl methyl sites for hydroxylation is 1. The molecule has 3 atom stereocenters. The van der Waals surface area contributed by atoms with Crippen LogP contribution in [0.4, 0.5) is 5.13 Å². The smallest absolute Gasteiger partial charge is 0.329 e. The van der Waals surface area contributed by atoms with Crippen molar-refractivity contribution >= 4 is 67.5 Å². The summed E-state index contributed by atoms with van der Waals surface area (Å²) in [5.41, 5.74) is 4.04. The van der Waals surface area contributed by atoms with Gasteiger partial charge in [0.25, 0.3) is 10.0 Å². The SMILES string of the molecule is COC(=O)[C@H](CC#Cc1ccc(C#N)cc1)NC(=O)C1Cc2cc3c(cc2CN1S(=O)(=O)c1sc(NC(C)=O)nc1C)O[C@@H](c1ccc(OCc2ccc(Cl)c(Cl)c2)cc1)CO3. The number of nitrogens with zero attached hydrogens (tertiary/aromatic N) is 3. The Kier molecular flexibility index (Phi) is 13.4. The summed E-state index contributed by atoms with van der Waals surface area (Å²) in [6.45, 7) is 2.98. The topological polar surface area (TPSA) is 186 Å². The molecule has 0 saturated carbocycles. The number of fused-ring (bicyclic) bond motifs is 2. The molecule has 3 heterocycles. The third kappa shape index (κ3) is 9.97. The number of carbonyl (C=O) groups excluding carboxylic acids is 3. The van der Waals surface area contributed by atoms with Crippen molar-refractivity contribution in [3.05, 3.63) is 128 Å². The van der Waals surface area contributed by atoms with Crippen molar-refractivity contribution in [2.75, 3.05) is 19.0 Å². The Labute approximate surface area is 371 Å². The fraction of sp³-hybridized carbons (Fsp3) is 0.250. The van der Waals surface area contributed by atoms with Crippen LogP contribution in [0.1, 0.15) is 58.5 Å². The third-order valence-electron chi connectivity index (χ3n) is 9.89. The largest absolute Gasteiger partial charge is 0.489 e. The molecule has 0 saturated heterocycles. The van der Waals surface area contributed by atoms with Crippen LogP contribution in [-0.2, 0) is 48.7 Å². The van der Waals surface area contributed by atoms with Gasteiger partial charge in [-0.2, -0.15) is 9.57 Å². The van der Waals surface area contributed by atoms with Crippen molar-refractivity contribution in [1.82, 2.24) is 14.6 Å². The van der Waals surface area contributed by atoms with Crippen LogP contribution in [0, 0.1) is 30.1 Å². The van der Waals surface area contributed by atoms with Crippen molar-refractivity contribution in [1.29, 1.82) is 5.26 Å². The van der Waals surface area contributed by atoms with Crippen molar-refractivity contribution in [3.8, 4) is 35.2 Å². The molecule has 14 nitrogen and oxygen atoms in total. The fourth-order valence-corrected chi connectivity index (χ4v) is 10.2. The van der Waals surface area contributed by atoms with Crippen LogP contribution < -0.4 is 24.8 Å². The van der Waals surface area contributed by atoms with Crippen LogP contribution in [0.25, 0.3) is 0 Å². The number of aromatic nitrogens is 1. The van der Waals surface area contributed by atoms with Crippen LogP contribution in [-0.4, -0.2) is 61.3 Å². The van der Waals surface area contributed by atoms with Gasteiger partial charge in [-0.25, -0.2) is 18.2 Å². The highest BCUT2D eigenvalue weighted by Crippen LogP contribution is 2.42. The second-order valence-corrected chi connectivity index (χ2v) is 18.1. The lowest BCUT2D eigenvalue weighted by atomic mass is 9.94. The standard InChI is InChI=1S/C44H37Cl2N5O9S2/c1-25-43(61-44(48-25)49-26(2)52)62(55,56)51-22-32-20-39-38(59-24-40(60-39)30-12-14-33(15-13-30)58-23-29-11-16-34(45)35(46)17-29)19-31(32)18-37(51)41(53)50-36(42(54)57-3)6-4-5-27-7-9-28(21-47)10-8-27/h7-17,19-20,36-37,40H,6,18,22-24H2,1-3H3,(H,50,53)(H,48,49,52)/t36-,37?,40+/m0/s1. The first kappa shape index (κ1) is 43.9. The van der Waals surface area contributed by atoms with Gasteiger partial charge < -0.3 is 29.6 Å². The molecule has 0 spiro atoms. The van der Waals surface area contributed by atoms with E-state index in [-0.39, 0.29) is 47.6 Å². The van der Waals surface area contributed by atoms with Gasteiger partial charge in [0.15, 0.2) is 26.9 Å². The molecule has 0 fully saturated rings. The molecule has 0 radical (unpaired) electrons. The van der Waals surface area contributed by atoms with Gasteiger partial charge in [-0.15, -0.1) is 0 Å². The summed E-state index contributed by atoms with van der Waals surface area (Å²) in [4.78, 5) is 43.3. The summed E-state index contributed by atoms with van der Waals surface area (Å²) in [5, 5.41) is 15.3. The molecule has 318 valence electrons. The van der Waals surface area contributed by atoms with Gasteiger partial charge in [0, 0.05) is 25.5 Å². The number of thiazole rings is 1. The summed E-state index contributed by atoms with van der Waals surface area (Å²) in [6.07, 6.45) is -0.753. The van der Waals surface area contributed by atoms with E-state index in [1.165, 1.54) is 21.0 Å². The maximum Gasteiger partial charge on any atom is 0.329 e. The zero-order chi connectivity index (χ0) is 44.1. The van der Waals surface area contributed by atoms with Crippen LogP contribution in [0.2, 0.25) is 10.0 Å². The third-order valence-corrected chi connectivity index (χ3v) is 14.1. The van der Waals surface area contributed by atoms with E-state index in [1.54, 1.807) is 48.5 Å². The van der Waals surface area contributed by atoms with Crippen molar-refractivity contribution in [2.45, 2.75) is 62.2 Å². The molecular formula is C44H37Cl2N5O9S2. The lowest BCUT2D eigenvalue weighted by Crippen LogP contribution is -2.55.